The minimum absolute atomic E-state index is 0.0382. The van der Waals surface area contributed by atoms with Gasteiger partial charge in [-0.2, -0.15) is 31.4 Å². The van der Waals surface area contributed by atoms with Gasteiger partial charge in [0.05, 0.1) is 6.10 Å². The Kier molecular flexibility index (Phi) is 4.90. The number of aliphatic hydroxyl groups is 1. The van der Waals surface area contributed by atoms with Crippen LogP contribution in [0.2, 0.25) is 0 Å². The molecule has 0 saturated heterocycles. The summed E-state index contributed by atoms with van der Waals surface area (Å²) in [5, 5.41) is 12.6. The Morgan fingerprint density at radius 1 is 1.19 bits per heavy atom. The largest absolute Gasteiger partial charge is 0.435 e. The van der Waals surface area contributed by atoms with Gasteiger partial charge < -0.3 is 16.6 Å². The smallest absolute Gasteiger partial charge is 0.387 e. The molecule has 5 N–H and O–H groups in total. The van der Waals surface area contributed by atoms with Gasteiger partial charge in [-0.05, 0) is 13.0 Å². The highest BCUT2D eigenvalue weighted by Gasteiger charge is 2.48. The number of nitrogens with zero attached hydrogens (tertiary/aromatic N) is 2. The van der Waals surface area contributed by atoms with Crippen LogP contribution < -0.4 is 11.5 Å². The van der Waals surface area contributed by atoms with Crippen molar-refractivity contribution < 1.29 is 31.4 Å². The molecule has 0 bridgehead atoms. The van der Waals surface area contributed by atoms with Crippen LogP contribution >= 0.6 is 0 Å². The van der Waals surface area contributed by atoms with Crippen LogP contribution in [0, 0.1) is 0 Å². The van der Waals surface area contributed by atoms with Gasteiger partial charge in [0, 0.05) is 18.7 Å². The molecule has 2 atom stereocenters. The van der Waals surface area contributed by atoms with Crippen molar-refractivity contribution in [1.29, 1.82) is 0 Å². The van der Waals surface area contributed by atoms with Gasteiger partial charge >= 0.3 is 12.4 Å². The summed E-state index contributed by atoms with van der Waals surface area (Å²) < 4.78 is 77.2. The zero-order valence-electron chi connectivity index (χ0n) is 10.8. The molecule has 0 aromatic carbocycles. The second-order valence-corrected chi connectivity index (χ2v) is 4.42. The predicted molar refractivity (Wildman–Crippen MR) is 59.8 cm³/mol. The Morgan fingerprint density at radius 2 is 1.71 bits per heavy atom. The van der Waals surface area contributed by atoms with Crippen LogP contribution in [0.5, 0.6) is 0 Å². The summed E-state index contributed by atoms with van der Waals surface area (Å²) in [5.41, 5.74) is 5.66. The average Bonchev–Trinajstić information content (AvgIpc) is 2.65. The molecule has 0 saturated carbocycles. The van der Waals surface area contributed by atoms with Crippen molar-refractivity contribution in [3.63, 3.8) is 0 Å². The highest BCUT2D eigenvalue weighted by Crippen LogP contribution is 2.42. The van der Waals surface area contributed by atoms with Crippen molar-refractivity contribution in [2.75, 3.05) is 6.54 Å². The van der Waals surface area contributed by atoms with Crippen LogP contribution in [0.3, 0.4) is 0 Å². The molecule has 1 rings (SSSR count). The zero-order valence-corrected chi connectivity index (χ0v) is 10.8. The van der Waals surface area contributed by atoms with E-state index in [1.165, 1.54) is 0 Å². The van der Waals surface area contributed by atoms with Crippen molar-refractivity contribution in [3.8, 4) is 0 Å². The molecule has 1 aromatic heterocycles. The molecule has 5 nitrogen and oxygen atoms in total. The van der Waals surface area contributed by atoms with Gasteiger partial charge in [0.2, 0.25) is 0 Å². The normalized spacial score (nSPS) is 16.1. The van der Waals surface area contributed by atoms with Gasteiger partial charge in [0.15, 0.2) is 5.69 Å². The van der Waals surface area contributed by atoms with E-state index in [0.29, 0.717) is 7.05 Å². The van der Waals surface area contributed by atoms with Gasteiger partial charge in [-0.25, -0.2) is 0 Å². The third-order valence-corrected chi connectivity index (χ3v) is 2.82. The van der Waals surface area contributed by atoms with E-state index in [-0.39, 0.29) is 17.6 Å². The molecule has 0 aliphatic carbocycles. The number of aryl methyl sites for hydroxylation is 1. The number of alkyl halides is 6. The molecule has 1 heterocycles. The van der Waals surface area contributed by atoms with Crippen LogP contribution in [-0.2, 0) is 19.4 Å². The fraction of sp³-hybridized carbons (Fsp3) is 0.700. The first-order valence-corrected chi connectivity index (χ1v) is 5.76. The number of aliphatic hydroxyl groups excluding tert-OH is 1. The first-order chi connectivity index (χ1) is 9.41. The Hall–Kier alpha value is -1.33. The van der Waals surface area contributed by atoms with Crippen LogP contribution in [0.15, 0.2) is 0 Å². The molecule has 2 unspecified atom stereocenters. The van der Waals surface area contributed by atoms with E-state index in [0.717, 1.165) is 0 Å². The summed E-state index contributed by atoms with van der Waals surface area (Å²) in [6.45, 7) is -0.0960. The highest BCUT2D eigenvalue weighted by molar-refractivity contribution is 5.33. The maximum atomic E-state index is 12.9. The molecule has 0 aliphatic heterocycles. The number of aromatic nitrogens is 2. The van der Waals surface area contributed by atoms with E-state index in [2.05, 4.69) is 5.10 Å². The van der Waals surface area contributed by atoms with E-state index < -0.39 is 41.4 Å². The van der Waals surface area contributed by atoms with Crippen molar-refractivity contribution in [1.82, 2.24) is 9.78 Å². The van der Waals surface area contributed by atoms with Gasteiger partial charge in [-0.1, -0.05) is 0 Å². The molecule has 0 amide bonds. The van der Waals surface area contributed by atoms with Crippen LogP contribution in [-0.4, -0.2) is 27.5 Å². The Balaban J connectivity index is 3.51. The molecular formula is C10H14F6N4O. The molecule has 1 aromatic rings. The zero-order chi connectivity index (χ0) is 16.6. The fourth-order valence-electron chi connectivity index (χ4n) is 1.93. The Bertz CT molecular complexity index is 495. The van der Waals surface area contributed by atoms with E-state index in [1.54, 1.807) is 0 Å². The lowest BCUT2D eigenvalue weighted by molar-refractivity contribution is -0.147. The van der Waals surface area contributed by atoms with Gasteiger partial charge in [0.1, 0.15) is 5.69 Å². The quantitative estimate of drug-likeness (QED) is 0.726. The summed E-state index contributed by atoms with van der Waals surface area (Å²) in [4.78, 5) is 0. The first-order valence-electron chi connectivity index (χ1n) is 5.76. The molecular weight excluding hydrogens is 306 g/mol. The molecule has 0 aliphatic rings. The summed E-state index contributed by atoms with van der Waals surface area (Å²) in [6.07, 6.45) is -12.6. The number of nitrogens with two attached hydrogens (primary N) is 2. The van der Waals surface area contributed by atoms with E-state index in [1.807, 2.05) is 0 Å². The van der Waals surface area contributed by atoms with E-state index in [9.17, 15) is 31.4 Å². The monoisotopic (exact) mass is 320 g/mol. The number of hydrogen-bond donors (Lipinski definition) is 3. The van der Waals surface area contributed by atoms with Crippen molar-refractivity contribution >= 4 is 0 Å². The van der Waals surface area contributed by atoms with Crippen LogP contribution in [0.1, 0.15) is 29.5 Å². The molecule has 0 fully saturated rings. The minimum Gasteiger partial charge on any atom is -0.387 e. The van der Waals surface area contributed by atoms with E-state index >= 15 is 0 Å². The molecule has 0 radical (unpaired) electrons. The van der Waals surface area contributed by atoms with Crippen molar-refractivity contribution in [2.45, 2.75) is 30.9 Å². The SMILES string of the molecule is Cn1nc(C(F)(F)F)c(C(O)C(N)CCN)c1C(F)(F)F. The minimum atomic E-state index is -5.15. The van der Waals surface area contributed by atoms with E-state index in [4.69, 9.17) is 11.5 Å². The van der Waals surface area contributed by atoms with Gasteiger partial charge in [-0.3, -0.25) is 4.68 Å². The number of rotatable bonds is 4. The van der Waals surface area contributed by atoms with Crippen LogP contribution in [0.4, 0.5) is 26.3 Å². The lowest BCUT2D eigenvalue weighted by Gasteiger charge is -2.21. The second-order valence-electron chi connectivity index (χ2n) is 4.42. The summed E-state index contributed by atoms with van der Waals surface area (Å²) in [5.74, 6) is 0. The molecule has 0 spiro atoms. The standard InChI is InChI=1S/C10H14F6N4O/c1-20-8(10(14,15)16)5(6(21)4(18)2-3-17)7(19-20)9(11,12)13/h4,6,21H,2-3,17-18H2,1H3. The topological polar surface area (TPSA) is 90.1 Å². The van der Waals surface area contributed by atoms with Crippen LogP contribution in [0.25, 0.3) is 0 Å². The summed E-state index contributed by atoms with van der Waals surface area (Å²) >= 11 is 0. The number of halogens is 6. The maximum absolute atomic E-state index is 12.9. The summed E-state index contributed by atoms with van der Waals surface area (Å²) in [7, 11) is 0.711. The molecule has 21 heavy (non-hydrogen) atoms. The Labute approximate surface area is 115 Å². The second kappa shape index (κ2) is 5.81. The average molecular weight is 320 g/mol. The predicted octanol–water partition coefficient (Wildman–Crippen LogP) is 1.17. The molecule has 11 heteroatoms. The van der Waals surface area contributed by atoms with Gasteiger partial charge in [0.25, 0.3) is 0 Å². The lowest BCUT2D eigenvalue weighted by atomic mass is 9.97. The van der Waals surface area contributed by atoms with Crippen molar-refractivity contribution in [3.05, 3.63) is 17.0 Å². The molecule has 122 valence electrons. The summed E-state index contributed by atoms with van der Waals surface area (Å²) in [6, 6.07) is -1.37. The Morgan fingerprint density at radius 3 is 2.10 bits per heavy atom. The lowest BCUT2D eigenvalue weighted by Crippen LogP contribution is -2.33. The third-order valence-electron chi connectivity index (χ3n) is 2.82. The fourth-order valence-corrected chi connectivity index (χ4v) is 1.93. The highest BCUT2D eigenvalue weighted by atomic mass is 19.4. The number of hydrogen-bond acceptors (Lipinski definition) is 4. The maximum Gasteiger partial charge on any atom is 0.435 e. The van der Waals surface area contributed by atoms with Crippen molar-refractivity contribution in [2.24, 2.45) is 18.5 Å². The van der Waals surface area contributed by atoms with Gasteiger partial charge in [-0.15, -0.1) is 0 Å². The first kappa shape index (κ1) is 17.7. The third kappa shape index (κ3) is 3.66.